The van der Waals surface area contributed by atoms with Crippen molar-refractivity contribution in [2.75, 3.05) is 12.3 Å². The molecule has 102 valence electrons. The molecule has 0 aliphatic heterocycles. The predicted octanol–water partition coefficient (Wildman–Crippen LogP) is 4.19. The Hall–Kier alpha value is 0.100. The van der Waals surface area contributed by atoms with Crippen LogP contribution in [0.2, 0.25) is 0 Å². The van der Waals surface area contributed by atoms with Crippen LogP contribution < -0.4 is 5.32 Å². The van der Waals surface area contributed by atoms with Crippen molar-refractivity contribution < 1.29 is 13.2 Å². The first-order valence-corrected chi connectivity index (χ1v) is 7.21. The highest BCUT2D eigenvalue weighted by Crippen LogP contribution is 2.34. The molecule has 1 aliphatic carbocycles. The Bertz CT molecular complexity index is 228. The van der Waals surface area contributed by atoms with E-state index in [9.17, 15) is 13.2 Å². The van der Waals surface area contributed by atoms with Crippen molar-refractivity contribution in [1.29, 1.82) is 0 Å². The number of hydrogen-bond donors (Lipinski definition) is 1. The summed E-state index contributed by atoms with van der Waals surface area (Å²) < 4.78 is 35.8. The summed E-state index contributed by atoms with van der Waals surface area (Å²) in [6, 6.07) is 0.408. The molecular formula is C12H22F3NS. The zero-order valence-electron chi connectivity index (χ0n) is 10.6. The molecule has 1 N–H and O–H groups in total. The van der Waals surface area contributed by atoms with E-state index in [0.717, 1.165) is 19.3 Å². The van der Waals surface area contributed by atoms with Crippen molar-refractivity contribution in [2.45, 2.75) is 57.5 Å². The smallest absolute Gasteiger partial charge is 0.313 e. The van der Waals surface area contributed by atoms with Crippen LogP contribution in [0.15, 0.2) is 0 Å². The second-order valence-electron chi connectivity index (χ2n) is 5.54. The first-order valence-electron chi connectivity index (χ1n) is 6.23. The fraction of sp³-hybridized carbons (Fsp3) is 1.00. The SMILES string of the molecule is CC1(C)CCCC(NCCSC(F)(F)F)CC1. The van der Waals surface area contributed by atoms with Crippen molar-refractivity contribution >= 4 is 11.8 Å². The van der Waals surface area contributed by atoms with Gasteiger partial charge >= 0.3 is 5.51 Å². The second kappa shape index (κ2) is 6.32. The zero-order chi connectivity index (χ0) is 12.9. The zero-order valence-corrected chi connectivity index (χ0v) is 11.4. The van der Waals surface area contributed by atoms with Crippen LogP contribution in [-0.2, 0) is 0 Å². The third-order valence-corrected chi connectivity index (χ3v) is 4.11. The van der Waals surface area contributed by atoms with E-state index < -0.39 is 5.51 Å². The summed E-state index contributed by atoms with van der Waals surface area (Å²) in [4.78, 5) is 0. The Labute approximate surface area is 106 Å². The van der Waals surface area contributed by atoms with E-state index in [2.05, 4.69) is 19.2 Å². The maximum absolute atomic E-state index is 11.9. The molecule has 0 heterocycles. The van der Waals surface area contributed by atoms with Gasteiger partial charge in [-0.15, -0.1) is 0 Å². The summed E-state index contributed by atoms with van der Waals surface area (Å²) in [6.07, 6.45) is 5.75. The lowest BCUT2D eigenvalue weighted by Gasteiger charge is -2.22. The number of hydrogen-bond acceptors (Lipinski definition) is 2. The third-order valence-electron chi connectivity index (χ3n) is 3.38. The molecule has 1 atom stereocenters. The van der Waals surface area contributed by atoms with Gasteiger partial charge in [-0.1, -0.05) is 20.3 Å². The van der Waals surface area contributed by atoms with Gasteiger partial charge < -0.3 is 5.32 Å². The van der Waals surface area contributed by atoms with Gasteiger partial charge in [0.05, 0.1) is 0 Å². The second-order valence-corrected chi connectivity index (χ2v) is 6.70. The van der Waals surface area contributed by atoms with Gasteiger partial charge in [-0.25, -0.2) is 0 Å². The maximum Gasteiger partial charge on any atom is 0.441 e. The highest BCUT2D eigenvalue weighted by atomic mass is 32.2. The standard InChI is InChI=1S/C12H22F3NS/c1-11(2)6-3-4-10(5-7-11)16-8-9-17-12(13,14)15/h10,16H,3-9H2,1-2H3. The van der Waals surface area contributed by atoms with E-state index in [1.807, 2.05) is 0 Å². The van der Waals surface area contributed by atoms with E-state index in [1.54, 1.807) is 0 Å². The van der Waals surface area contributed by atoms with Crippen LogP contribution in [-0.4, -0.2) is 23.8 Å². The summed E-state index contributed by atoms with van der Waals surface area (Å²) in [5.74, 6) is 0.114. The molecule has 0 aromatic carbocycles. The molecule has 1 fully saturated rings. The molecule has 1 aliphatic rings. The van der Waals surface area contributed by atoms with Crippen molar-refractivity contribution in [3.8, 4) is 0 Å². The molecule has 0 aromatic heterocycles. The molecule has 1 unspecified atom stereocenters. The van der Waals surface area contributed by atoms with E-state index in [4.69, 9.17) is 0 Å². The summed E-state index contributed by atoms with van der Waals surface area (Å²) >= 11 is 0.0646. The topological polar surface area (TPSA) is 12.0 Å². The molecule has 1 nitrogen and oxygen atoms in total. The fourth-order valence-electron chi connectivity index (χ4n) is 2.30. The fourth-order valence-corrected chi connectivity index (χ4v) is 2.75. The molecular weight excluding hydrogens is 247 g/mol. The van der Waals surface area contributed by atoms with Crippen molar-refractivity contribution in [3.05, 3.63) is 0 Å². The van der Waals surface area contributed by atoms with E-state index in [1.165, 1.54) is 12.8 Å². The molecule has 0 saturated heterocycles. The minimum Gasteiger partial charge on any atom is -0.313 e. The Morgan fingerprint density at radius 1 is 1.24 bits per heavy atom. The molecule has 0 amide bonds. The number of thioether (sulfide) groups is 1. The Kier molecular flexibility index (Phi) is 5.64. The van der Waals surface area contributed by atoms with Crippen LogP contribution in [0.3, 0.4) is 0 Å². The molecule has 17 heavy (non-hydrogen) atoms. The Morgan fingerprint density at radius 3 is 2.59 bits per heavy atom. The molecule has 0 spiro atoms. The maximum atomic E-state index is 11.9. The van der Waals surface area contributed by atoms with Gasteiger partial charge in [-0.2, -0.15) is 13.2 Å². The molecule has 1 rings (SSSR count). The molecule has 0 bridgehead atoms. The minimum atomic E-state index is -4.09. The predicted molar refractivity (Wildman–Crippen MR) is 67.2 cm³/mol. The van der Waals surface area contributed by atoms with Crippen molar-refractivity contribution in [2.24, 2.45) is 5.41 Å². The van der Waals surface area contributed by atoms with E-state index in [-0.39, 0.29) is 17.5 Å². The molecule has 0 radical (unpaired) electrons. The third kappa shape index (κ3) is 7.19. The largest absolute Gasteiger partial charge is 0.441 e. The minimum absolute atomic E-state index is 0.0646. The summed E-state index contributed by atoms with van der Waals surface area (Å²) in [7, 11) is 0. The van der Waals surface area contributed by atoms with Gasteiger partial charge in [0, 0.05) is 18.3 Å². The highest BCUT2D eigenvalue weighted by molar-refractivity contribution is 8.00. The van der Waals surface area contributed by atoms with E-state index in [0.29, 0.717) is 18.0 Å². The highest BCUT2D eigenvalue weighted by Gasteiger charge is 2.28. The van der Waals surface area contributed by atoms with Gasteiger partial charge in [0.25, 0.3) is 0 Å². The molecule has 1 saturated carbocycles. The lowest BCUT2D eigenvalue weighted by molar-refractivity contribution is -0.0327. The van der Waals surface area contributed by atoms with Crippen LogP contribution in [0, 0.1) is 5.41 Å². The summed E-state index contributed by atoms with van der Waals surface area (Å²) in [6.45, 7) is 5.00. The molecule has 5 heteroatoms. The normalized spacial score (nSPS) is 25.6. The number of halogens is 3. The van der Waals surface area contributed by atoms with Crippen molar-refractivity contribution in [3.63, 3.8) is 0 Å². The number of rotatable bonds is 4. The average molecular weight is 269 g/mol. The van der Waals surface area contributed by atoms with Gasteiger partial charge in [0.15, 0.2) is 0 Å². The van der Waals surface area contributed by atoms with Gasteiger partial charge in [-0.3, -0.25) is 0 Å². The quantitative estimate of drug-likeness (QED) is 0.606. The van der Waals surface area contributed by atoms with Gasteiger partial charge in [0.2, 0.25) is 0 Å². The van der Waals surface area contributed by atoms with Crippen LogP contribution >= 0.6 is 11.8 Å². The van der Waals surface area contributed by atoms with Crippen LogP contribution in [0.25, 0.3) is 0 Å². The average Bonchev–Trinajstić information content (AvgIpc) is 2.33. The van der Waals surface area contributed by atoms with E-state index >= 15 is 0 Å². The monoisotopic (exact) mass is 269 g/mol. The van der Waals surface area contributed by atoms with Crippen LogP contribution in [0.4, 0.5) is 13.2 Å². The molecule has 0 aromatic rings. The van der Waals surface area contributed by atoms with Crippen molar-refractivity contribution in [1.82, 2.24) is 5.32 Å². The first kappa shape index (κ1) is 15.2. The lowest BCUT2D eigenvalue weighted by atomic mass is 9.85. The van der Waals surface area contributed by atoms with Crippen LogP contribution in [0.5, 0.6) is 0 Å². The van der Waals surface area contributed by atoms with Gasteiger partial charge in [0.1, 0.15) is 0 Å². The number of nitrogens with one attached hydrogen (secondary N) is 1. The Morgan fingerprint density at radius 2 is 1.94 bits per heavy atom. The lowest BCUT2D eigenvalue weighted by Crippen LogP contribution is -2.31. The van der Waals surface area contributed by atoms with Gasteiger partial charge in [-0.05, 0) is 42.9 Å². The summed E-state index contributed by atoms with van der Waals surface area (Å²) in [5.41, 5.74) is -3.69. The van der Waals surface area contributed by atoms with Crippen LogP contribution in [0.1, 0.15) is 46.0 Å². The Balaban J connectivity index is 2.15. The summed E-state index contributed by atoms with van der Waals surface area (Å²) in [5, 5.41) is 3.25. The number of alkyl halides is 3. The first-order chi connectivity index (χ1) is 7.79.